The van der Waals surface area contributed by atoms with Crippen molar-refractivity contribution in [3.05, 3.63) is 0 Å². The molecule has 0 aromatic rings. The van der Waals surface area contributed by atoms with E-state index in [-0.39, 0.29) is 6.42 Å². The van der Waals surface area contributed by atoms with E-state index in [2.05, 4.69) is 0 Å². The number of nitrogens with zero attached hydrogens (tertiary/aromatic N) is 1. The SMILES string of the molecule is CC(C)(C)OC(=O)N1C(C(=O)O)CC(C)(C)[C@H]1O. The van der Waals surface area contributed by atoms with Gasteiger partial charge in [-0.15, -0.1) is 0 Å². The maximum Gasteiger partial charge on any atom is 0.413 e. The third kappa shape index (κ3) is 2.93. The Labute approximate surface area is 107 Å². The van der Waals surface area contributed by atoms with Gasteiger partial charge in [-0.2, -0.15) is 0 Å². The average Bonchev–Trinajstić information content (AvgIpc) is 2.35. The Kier molecular flexibility index (Phi) is 3.63. The first-order chi connectivity index (χ1) is 7.96. The van der Waals surface area contributed by atoms with E-state index in [1.165, 1.54) is 0 Å². The lowest BCUT2D eigenvalue weighted by atomic mass is 9.89. The summed E-state index contributed by atoms with van der Waals surface area (Å²) in [5.74, 6) is -1.13. The number of aliphatic hydroxyl groups is 1. The number of carboxylic acid groups (broad SMARTS) is 1. The number of carboxylic acids is 1. The number of aliphatic carboxylic acids is 1. The van der Waals surface area contributed by atoms with Crippen LogP contribution in [0.4, 0.5) is 4.79 Å². The molecule has 1 fully saturated rings. The van der Waals surface area contributed by atoms with Gasteiger partial charge < -0.3 is 14.9 Å². The number of rotatable bonds is 1. The van der Waals surface area contributed by atoms with Gasteiger partial charge in [0.15, 0.2) is 0 Å². The largest absolute Gasteiger partial charge is 0.480 e. The fourth-order valence-electron chi connectivity index (χ4n) is 2.00. The normalized spacial score (nSPS) is 27.1. The smallest absolute Gasteiger partial charge is 0.413 e. The van der Waals surface area contributed by atoms with Crippen LogP contribution in [0.15, 0.2) is 0 Å². The summed E-state index contributed by atoms with van der Waals surface area (Å²) in [6.45, 7) is 8.51. The molecule has 18 heavy (non-hydrogen) atoms. The molecule has 0 aliphatic carbocycles. The van der Waals surface area contributed by atoms with Crippen molar-refractivity contribution in [1.29, 1.82) is 0 Å². The van der Waals surface area contributed by atoms with Gasteiger partial charge in [0, 0.05) is 5.41 Å². The Balaban J connectivity index is 2.96. The molecule has 0 aromatic carbocycles. The van der Waals surface area contributed by atoms with Gasteiger partial charge in [-0.1, -0.05) is 13.8 Å². The summed E-state index contributed by atoms with van der Waals surface area (Å²) < 4.78 is 5.13. The maximum absolute atomic E-state index is 12.0. The number of carbonyl (C=O) groups excluding carboxylic acids is 1. The molecule has 1 aliphatic rings. The number of likely N-dealkylation sites (tertiary alicyclic amines) is 1. The molecule has 1 unspecified atom stereocenters. The molecule has 0 bridgehead atoms. The van der Waals surface area contributed by atoms with Crippen LogP contribution in [-0.2, 0) is 9.53 Å². The van der Waals surface area contributed by atoms with E-state index < -0.39 is 35.3 Å². The third-order valence-electron chi connectivity index (χ3n) is 2.91. The Morgan fingerprint density at radius 3 is 2.22 bits per heavy atom. The molecule has 1 aliphatic heterocycles. The van der Waals surface area contributed by atoms with Gasteiger partial charge in [-0.05, 0) is 27.2 Å². The number of hydrogen-bond donors (Lipinski definition) is 2. The summed E-state index contributed by atoms with van der Waals surface area (Å²) in [5.41, 5.74) is -1.40. The molecular formula is C12H21NO5. The van der Waals surface area contributed by atoms with Crippen LogP contribution in [0.1, 0.15) is 41.0 Å². The van der Waals surface area contributed by atoms with Gasteiger partial charge in [0.25, 0.3) is 0 Å². The second-order valence-electron chi connectivity index (χ2n) is 6.31. The van der Waals surface area contributed by atoms with Gasteiger partial charge in [0.05, 0.1) is 0 Å². The lowest BCUT2D eigenvalue weighted by Gasteiger charge is -2.31. The van der Waals surface area contributed by atoms with Gasteiger partial charge in [0.1, 0.15) is 17.9 Å². The number of aliphatic hydroxyl groups excluding tert-OH is 1. The standard InChI is InChI=1S/C12H21NO5/c1-11(2,3)18-10(17)13-7(8(14)15)6-12(4,5)9(13)16/h7,9,16H,6H2,1-5H3,(H,14,15)/t7?,9-/m1/s1. The molecule has 2 N–H and O–H groups in total. The quantitative estimate of drug-likeness (QED) is 0.743. The predicted molar refractivity (Wildman–Crippen MR) is 63.9 cm³/mol. The van der Waals surface area contributed by atoms with E-state index in [4.69, 9.17) is 9.84 Å². The molecule has 1 amide bonds. The summed E-state index contributed by atoms with van der Waals surface area (Å²) in [7, 11) is 0. The van der Waals surface area contributed by atoms with Crippen LogP contribution in [-0.4, -0.2) is 45.0 Å². The van der Waals surface area contributed by atoms with E-state index in [0.717, 1.165) is 4.90 Å². The summed E-state index contributed by atoms with van der Waals surface area (Å²) >= 11 is 0. The van der Waals surface area contributed by atoms with Gasteiger partial charge in [-0.25, -0.2) is 9.59 Å². The Morgan fingerprint density at radius 1 is 1.33 bits per heavy atom. The van der Waals surface area contributed by atoms with Crippen molar-refractivity contribution in [3.8, 4) is 0 Å². The molecule has 6 heteroatoms. The highest BCUT2D eigenvalue weighted by atomic mass is 16.6. The van der Waals surface area contributed by atoms with Crippen LogP contribution in [0.3, 0.4) is 0 Å². The molecule has 6 nitrogen and oxygen atoms in total. The minimum absolute atomic E-state index is 0.197. The van der Waals surface area contributed by atoms with Crippen LogP contribution < -0.4 is 0 Å². The van der Waals surface area contributed by atoms with Gasteiger partial charge >= 0.3 is 12.1 Å². The van der Waals surface area contributed by atoms with Crippen LogP contribution in [0, 0.1) is 5.41 Å². The zero-order valence-corrected chi connectivity index (χ0v) is 11.4. The topological polar surface area (TPSA) is 87.1 Å². The molecule has 1 saturated heterocycles. The summed E-state index contributed by atoms with van der Waals surface area (Å²) in [4.78, 5) is 24.0. The monoisotopic (exact) mass is 259 g/mol. The zero-order chi connectivity index (χ0) is 14.3. The second kappa shape index (κ2) is 4.42. The van der Waals surface area contributed by atoms with Crippen LogP contribution in [0.25, 0.3) is 0 Å². The van der Waals surface area contributed by atoms with Gasteiger partial charge in [-0.3, -0.25) is 4.90 Å². The fraction of sp³-hybridized carbons (Fsp3) is 0.833. The highest BCUT2D eigenvalue weighted by molar-refractivity contribution is 5.81. The second-order valence-corrected chi connectivity index (χ2v) is 6.31. The Morgan fingerprint density at radius 2 is 1.83 bits per heavy atom. The highest BCUT2D eigenvalue weighted by Crippen LogP contribution is 2.39. The number of amides is 1. The maximum atomic E-state index is 12.0. The first-order valence-electron chi connectivity index (χ1n) is 5.88. The molecule has 0 saturated carbocycles. The van der Waals surface area contributed by atoms with E-state index in [0.29, 0.717) is 0 Å². The third-order valence-corrected chi connectivity index (χ3v) is 2.91. The van der Waals surface area contributed by atoms with E-state index in [1.54, 1.807) is 34.6 Å². The van der Waals surface area contributed by atoms with Crippen molar-refractivity contribution < 1.29 is 24.5 Å². The fourth-order valence-corrected chi connectivity index (χ4v) is 2.00. The molecule has 104 valence electrons. The Bertz CT molecular complexity index is 358. The molecule has 0 radical (unpaired) electrons. The summed E-state index contributed by atoms with van der Waals surface area (Å²) in [6.07, 6.45) is -1.76. The van der Waals surface area contributed by atoms with Gasteiger partial charge in [0.2, 0.25) is 0 Å². The molecular weight excluding hydrogens is 238 g/mol. The Hall–Kier alpha value is -1.30. The van der Waals surface area contributed by atoms with E-state index in [9.17, 15) is 14.7 Å². The molecule has 0 spiro atoms. The molecule has 1 heterocycles. The zero-order valence-electron chi connectivity index (χ0n) is 11.4. The molecule has 2 atom stereocenters. The number of hydrogen-bond acceptors (Lipinski definition) is 4. The van der Waals surface area contributed by atoms with Crippen molar-refractivity contribution in [2.24, 2.45) is 5.41 Å². The van der Waals surface area contributed by atoms with Crippen LogP contribution in [0.5, 0.6) is 0 Å². The van der Waals surface area contributed by atoms with E-state index in [1.807, 2.05) is 0 Å². The van der Waals surface area contributed by atoms with Crippen molar-refractivity contribution in [2.45, 2.75) is 58.9 Å². The first-order valence-corrected chi connectivity index (χ1v) is 5.88. The van der Waals surface area contributed by atoms with Crippen molar-refractivity contribution in [1.82, 2.24) is 4.90 Å². The van der Waals surface area contributed by atoms with Crippen LogP contribution >= 0.6 is 0 Å². The molecule has 1 rings (SSSR count). The lowest BCUT2D eigenvalue weighted by Crippen LogP contribution is -2.48. The highest BCUT2D eigenvalue weighted by Gasteiger charge is 2.52. The number of carbonyl (C=O) groups is 2. The lowest BCUT2D eigenvalue weighted by molar-refractivity contribution is -0.144. The minimum atomic E-state index is -1.16. The minimum Gasteiger partial charge on any atom is -0.480 e. The number of ether oxygens (including phenoxy) is 1. The summed E-state index contributed by atoms with van der Waals surface area (Å²) in [5, 5.41) is 19.2. The summed E-state index contributed by atoms with van der Waals surface area (Å²) in [6, 6.07) is -1.05. The average molecular weight is 259 g/mol. The van der Waals surface area contributed by atoms with Crippen molar-refractivity contribution >= 4 is 12.1 Å². The van der Waals surface area contributed by atoms with Crippen molar-refractivity contribution in [3.63, 3.8) is 0 Å². The first kappa shape index (κ1) is 14.8. The van der Waals surface area contributed by atoms with E-state index >= 15 is 0 Å². The predicted octanol–water partition coefficient (Wildman–Crippen LogP) is 1.42. The molecule has 0 aromatic heterocycles. The van der Waals surface area contributed by atoms with Crippen molar-refractivity contribution in [2.75, 3.05) is 0 Å². The van der Waals surface area contributed by atoms with Crippen LogP contribution in [0.2, 0.25) is 0 Å².